The maximum atomic E-state index is 11.6. The molecule has 0 fully saturated rings. The van der Waals surface area contributed by atoms with E-state index in [4.69, 9.17) is 44.4 Å². The van der Waals surface area contributed by atoms with Gasteiger partial charge in [-0.05, 0) is 36.4 Å². The van der Waals surface area contributed by atoms with Crippen molar-refractivity contribution in [2.75, 3.05) is 12.4 Å². The summed E-state index contributed by atoms with van der Waals surface area (Å²) in [7, 11) is 1.46. The van der Waals surface area contributed by atoms with Crippen molar-refractivity contribution < 1.29 is 14.4 Å². The zero-order valence-electron chi connectivity index (χ0n) is 11.8. The number of hydrogen-bond acceptors (Lipinski definition) is 4. The van der Waals surface area contributed by atoms with Crippen molar-refractivity contribution in [2.45, 2.75) is 0 Å². The number of oxime groups is 1. The monoisotopic (exact) mass is 372 g/mol. The van der Waals surface area contributed by atoms with E-state index in [1.807, 2.05) is 0 Å². The third-order valence-electron chi connectivity index (χ3n) is 2.66. The molecule has 2 aromatic rings. The highest BCUT2D eigenvalue weighted by molar-refractivity contribution is 6.36. The molecule has 0 aliphatic heterocycles. The fraction of sp³-hybridized carbons (Fsp3) is 0.0667. The van der Waals surface area contributed by atoms with Crippen LogP contribution in [0.3, 0.4) is 0 Å². The summed E-state index contributed by atoms with van der Waals surface area (Å²) in [5, 5.41) is 7.37. The van der Waals surface area contributed by atoms with Crippen LogP contribution in [0.25, 0.3) is 0 Å². The van der Waals surface area contributed by atoms with E-state index in [0.29, 0.717) is 32.1 Å². The summed E-state index contributed by atoms with van der Waals surface area (Å²) in [5.74, 6) is 0.376. The second kappa shape index (κ2) is 8.06. The lowest BCUT2D eigenvalue weighted by Crippen LogP contribution is -2.10. The van der Waals surface area contributed by atoms with Gasteiger partial charge in [0.2, 0.25) is 0 Å². The molecular weight excluding hydrogens is 363 g/mol. The molecule has 0 atom stereocenters. The summed E-state index contributed by atoms with van der Waals surface area (Å²) in [5.41, 5.74) is 1.00. The predicted molar refractivity (Wildman–Crippen MR) is 92.2 cm³/mol. The van der Waals surface area contributed by atoms with Crippen LogP contribution in [-0.2, 0) is 4.84 Å². The number of methoxy groups -OCH3 is 1. The average molecular weight is 374 g/mol. The summed E-state index contributed by atoms with van der Waals surface area (Å²) in [6.07, 6.45) is 0.522. The Morgan fingerprint density at radius 1 is 1.13 bits per heavy atom. The Bertz CT molecular complexity index is 733. The number of anilines is 1. The van der Waals surface area contributed by atoms with E-state index in [2.05, 4.69) is 10.5 Å². The molecular formula is C15H11Cl3N2O3. The molecule has 2 rings (SSSR count). The van der Waals surface area contributed by atoms with E-state index < -0.39 is 6.09 Å². The minimum atomic E-state index is -0.754. The van der Waals surface area contributed by atoms with Gasteiger partial charge in [-0.2, -0.15) is 0 Å². The number of amides is 1. The van der Waals surface area contributed by atoms with Gasteiger partial charge in [0.25, 0.3) is 0 Å². The Kier molecular flexibility index (Phi) is 6.10. The van der Waals surface area contributed by atoms with Gasteiger partial charge in [0.05, 0.1) is 18.3 Å². The Morgan fingerprint density at radius 3 is 2.48 bits per heavy atom. The van der Waals surface area contributed by atoms with E-state index in [1.54, 1.807) is 30.3 Å². The van der Waals surface area contributed by atoms with Gasteiger partial charge in [0, 0.05) is 21.3 Å². The third-order valence-corrected chi connectivity index (χ3v) is 3.41. The van der Waals surface area contributed by atoms with Gasteiger partial charge in [0.1, 0.15) is 5.75 Å². The summed E-state index contributed by atoms with van der Waals surface area (Å²) in [6, 6.07) is 9.66. The molecule has 0 aliphatic rings. The number of ether oxygens (including phenoxy) is 1. The summed E-state index contributed by atoms with van der Waals surface area (Å²) in [6.45, 7) is 0. The van der Waals surface area contributed by atoms with Crippen LogP contribution >= 0.6 is 34.8 Å². The largest absolute Gasteiger partial charge is 0.495 e. The number of hydrogen-bond donors (Lipinski definition) is 1. The average Bonchev–Trinajstić information content (AvgIpc) is 2.49. The highest BCUT2D eigenvalue weighted by Gasteiger charge is 2.09. The number of nitrogens with zero attached hydrogens (tertiary/aromatic N) is 1. The van der Waals surface area contributed by atoms with Crippen LogP contribution in [0.15, 0.2) is 41.6 Å². The molecule has 0 unspecified atom stereocenters. The lowest BCUT2D eigenvalue weighted by atomic mass is 10.2. The van der Waals surface area contributed by atoms with E-state index >= 15 is 0 Å². The van der Waals surface area contributed by atoms with Gasteiger partial charge in [-0.15, -0.1) is 0 Å². The van der Waals surface area contributed by atoms with E-state index in [-0.39, 0.29) is 0 Å². The molecule has 0 radical (unpaired) electrons. The molecule has 0 saturated heterocycles. The van der Waals surface area contributed by atoms with Crippen LogP contribution in [0.4, 0.5) is 10.5 Å². The molecule has 120 valence electrons. The zero-order valence-corrected chi connectivity index (χ0v) is 14.1. The number of nitrogens with one attached hydrogen (secondary N) is 1. The molecule has 0 bridgehead atoms. The van der Waals surface area contributed by atoms with Gasteiger partial charge in [0.15, 0.2) is 0 Å². The van der Waals surface area contributed by atoms with Crippen molar-refractivity contribution in [2.24, 2.45) is 5.16 Å². The molecule has 0 aliphatic carbocycles. The second-order valence-electron chi connectivity index (χ2n) is 4.26. The Balaban J connectivity index is 2.01. The predicted octanol–water partition coefficient (Wildman–Crippen LogP) is 5.24. The Morgan fingerprint density at radius 2 is 1.83 bits per heavy atom. The molecule has 5 nitrogen and oxygen atoms in total. The van der Waals surface area contributed by atoms with E-state index in [1.165, 1.54) is 19.4 Å². The summed E-state index contributed by atoms with van der Waals surface area (Å²) >= 11 is 17.7. The number of benzene rings is 2. The molecule has 0 saturated carbocycles. The molecule has 2 aromatic carbocycles. The van der Waals surface area contributed by atoms with Crippen molar-refractivity contribution >= 4 is 52.8 Å². The minimum Gasteiger partial charge on any atom is -0.495 e. The summed E-state index contributed by atoms with van der Waals surface area (Å²) < 4.78 is 5.15. The van der Waals surface area contributed by atoms with Crippen molar-refractivity contribution in [3.05, 3.63) is 57.0 Å². The summed E-state index contributed by atoms with van der Waals surface area (Å²) in [4.78, 5) is 16.3. The van der Waals surface area contributed by atoms with E-state index in [9.17, 15) is 4.79 Å². The molecule has 1 N–H and O–H groups in total. The van der Waals surface area contributed by atoms with Crippen molar-refractivity contribution in [1.29, 1.82) is 0 Å². The smallest absolute Gasteiger partial charge is 0.437 e. The van der Waals surface area contributed by atoms with Gasteiger partial charge < -0.3 is 4.74 Å². The molecule has 0 aromatic heterocycles. The molecule has 0 heterocycles. The van der Waals surface area contributed by atoms with Crippen LogP contribution in [0.2, 0.25) is 15.1 Å². The van der Waals surface area contributed by atoms with Crippen LogP contribution in [0.5, 0.6) is 5.75 Å². The first-order valence-electron chi connectivity index (χ1n) is 6.29. The second-order valence-corrected chi connectivity index (χ2v) is 5.54. The van der Waals surface area contributed by atoms with Crippen molar-refractivity contribution in [1.82, 2.24) is 0 Å². The Labute approximate surface area is 147 Å². The fourth-order valence-corrected chi connectivity index (χ4v) is 2.41. The topological polar surface area (TPSA) is 59.9 Å². The van der Waals surface area contributed by atoms with E-state index in [0.717, 1.165) is 0 Å². The van der Waals surface area contributed by atoms with Crippen LogP contribution in [0.1, 0.15) is 5.56 Å². The molecule has 8 heteroatoms. The lowest BCUT2D eigenvalue weighted by Gasteiger charge is -2.07. The van der Waals surface area contributed by atoms with Gasteiger partial charge in [-0.1, -0.05) is 40.0 Å². The minimum absolute atomic E-state index is 0.326. The van der Waals surface area contributed by atoms with Crippen molar-refractivity contribution in [3.8, 4) is 5.75 Å². The number of halogens is 3. The lowest BCUT2D eigenvalue weighted by molar-refractivity contribution is 0.167. The first-order valence-corrected chi connectivity index (χ1v) is 7.43. The first-order chi connectivity index (χ1) is 11.0. The SMILES string of the molecule is COc1c(Cl)cc(Cl)cc1/C=N\OC(=O)Nc1ccc(Cl)cc1. The maximum absolute atomic E-state index is 11.6. The van der Waals surface area contributed by atoms with Gasteiger partial charge >= 0.3 is 6.09 Å². The van der Waals surface area contributed by atoms with Crippen LogP contribution in [-0.4, -0.2) is 19.4 Å². The normalized spacial score (nSPS) is 10.6. The van der Waals surface area contributed by atoms with Crippen LogP contribution in [0, 0.1) is 0 Å². The number of carbonyl (C=O) groups is 1. The quantitative estimate of drug-likeness (QED) is 0.453. The molecule has 23 heavy (non-hydrogen) atoms. The standard InChI is InChI=1S/C15H11Cl3N2O3/c1-22-14-9(6-11(17)7-13(14)18)8-19-23-15(21)20-12-4-2-10(16)3-5-12/h2-8H,1H3,(H,20,21)/b19-8-. The first kappa shape index (κ1) is 17.4. The number of carbonyl (C=O) groups excluding carboxylic acids is 1. The molecule has 0 spiro atoms. The van der Waals surface area contributed by atoms with Crippen LogP contribution < -0.4 is 10.1 Å². The Hall–Kier alpha value is -1.95. The van der Waals surface area contributed by atoms with Gasteiger partial charge in [-0.3, -0.25) is 10.2 Å². The third kappa shape index (κ3) is 5.03. The maximum Gasteiger partial charge on any atom is 0.437 e. The fourth-order valence-electron chi connectivity index (χ4n) is 1.70. The zero-order chi connectivity index (χ0) is 16.8. The molecule has 1 amide bonds. The van der Waals surface area contributed by atoms with Gasteiger partial charge in [-0.25, -0.2) is 4.79 Å². The van der Waals surface area contributed by atoms with Crippen molar-refractivity contribution in [3.63, 3.8) is 0 Å². The number of rotatable bonds is 4. The highest BCUT2D eigenvalue weighted by Crippen LogP contribution is 2.31. The highest BCUT2D eigenvalue weighted by atomic mass is 35.5.